The summed E-state index contributed by atoms with van der Waals surface area (Å²) in [5, 5.41) is 45.2. The van der Waals surface area contributed by atoms with Crippen molar-refractivity contribution in [3.63, 3.8) is 0 Å². The number of hydrogen-bond donors (Lipinski definition) is 4. The van der Waals surface area contributed by atoms with Gasteiger partial charge >= 0.3 is 11.9 Å². The van der Waals surface area contributed by atoms with E-state index in [0.717, 1.165) is 18.4 Å². The number of ether oxygens (including phenoxy) is 2. The molecule has 5 rings (SSSR count). The van der Waals surface area contributed by atoms with Crippen LogP contribution in [0.1, 0.15) is 86.0 Å². The number of carbonyl (C=O) groups excluding carboxylic acids is 2. The van der Waals surface area contributed by atoms with Crippen LogP contribution < -0.4 is 0 Å². The summed E-state index contributed by atoms with van der Waals surface area (Å²) >= 11 is 0. The van der Waals surface area contributed by atoms with Crippen molar-refractivity contribution >= 4 is 11.9 Å². The molecule has 0 amide bonds. The summed E-state index contributed by atoms with van der Waals surface area (Å²) in [5.41, 5.74) is -2.88. The van der Waals surface area contributed by atoms with E-state index in [0.29, 0.717) is 38.5 Å². The fourth-order valence-corrected chi connectivity index (χ4v) is 11.4. The Morgan fingerprint density at radius 2 is 1.55 bits per heavy atom. The van der Waals surface area contributed by atoms with Gasteiger partial charge in [0.2, 0.25) is 0 Å². The Morgan fingerprint density at radius 3 is 2.15 bits per heavy atom. The van der Waals surface area contributed by atoms with E-state index in [1.54, 1.807) is 6.92 Å². The lowest BCUT2D eigenvalue weighted by atomic mass is 9.33. The van der Waals surface area contributed by atoms with E-state index >= 15 is 0 Å². The van der Waals surface area contributed by atoms with Crippen LogP contribution in [0, 0.1) is 50.2 Å². The van der Waals surface area contributed by atoms with Crippen LogP contribution >= 0.6 is 0 Å². The molecule has 4 fully saturated rings. The lowest BCUT2D eigenvalue weighted by molar-refractivity contribution is -0.247. The average molecular weight is 563 g/mol. The Bertz CT molecular complexity index is 1100. The first-order valence-electron chi connectivity index (χ1n) is 15.1. The summed E-state index contributed by atoms with van der Waals surface area (Å²) in [6, 6.07) is 0. The van der Waals surface area contributed by atoms with E-state index < -0.39 is 45.9 Å². The highest BCUT2D eigenvalue weighted by atomic mass is 16.5. The number of aliphatic hydroxyl groups excluding tert-OH is 4. The zero-order chi connectivity index (χ0) is 29.7. The highest BCUT2D eigenvalue weighted by molar-refractivity contribution is 5.80. The maximum atomic E-state index is 13.5. The van der Waals surface area contributed by atoms with Gasteiger partial charge in [-0.3, -0.25) is 9.59 Å². The molecule has 40 heavy (non-hydrogen) atoms. The Balaban J connectivity index is 1.66. The second-order valence-electron chi connectivity index (χ2n) is 15.4. The molecule has 0 bridgehead atoms. The van der Waals surface area contributed by atoms with Crippen LogP contribution in [0.3, 0.4) is 0 Å². The Hall–Kier alpha value is -1.48. The third-order valence-electron chi connectivity index (χ3n) is 13.4. The van der Waals surface area contributed by atoms with Gasteiger partial charge in [0.25, 0.3) is 0 Å². The van der Waals surface area contributed by atoms with Gasteiger partial charge in [-0.25, -0.2) is 0 Å². The molecule has 11 unspecified atom stereocenters. The molecular weight excluding hydrogens is 512 g/mol. The topological polar surface area (TPSA) is 134 Å². The molecule has 0 heterocycles. The van der Waals surface area contributed by atoms with Gasteiger partial charge < -0.3 is 29.9 Å². The normalized spacial score (nSPS) is 51.2. The van der Waals surface area contributed by atoms with E-state index in [9.17, 15) is 30.0 Å². The Kier molecular flexibility index (Phi) is 6.94. The molecule has 226 valence electrons. The lowest BCUT2D eigenvalue weighted by Gasteiger charge is -2.71. The van der Waals surface area contributed by atoms with Crippen molar-refractivity contribution < 1.29 is 39.5 Å². The summed E-state index contributed by atoms with van der Waals surface area (Å²) in [5.74, 6) is -1.30. The quantitative estimate of drug-likeness (QED) is 0.304. The second-order valence-corrected chi connectivity index (χ2v) is 15.4. The molecule has 4 N–H and O–H groups in total. The number of esters is 2. The van der Waals surface area contributed by atoms with Crippen molar-refractivity contribution in [3.05, 3.63) is 11.6 Å². The van der Waals surface area contributed by atoms with Gasteiger partial charge in [0.05, 0.1) is 44.6 Å². The fraction of sp³-hybridized carbons (Fsp3) is 0.875. The molecule has 0 saturated heterocycles. The molecule has 0 radical (unpaired) electrons. The Morgan fingerprint density at radius 1 is 0.900 bits per heavy atom. The zero-order valence-corrected chi connectivity index (χ0v) is 25.3. The fourth-order valence-electron chi connectivity index (χ4n) is 11.4. The SMILES string of the molecule is COC(=O)C1(C)C(O)C(O)CC2(C)C1CCC1(C)C2CC=C2C3CC(C)(C)CC(O)C3(C(=O)OC)CCC21CO. The van der Waals surface area contributed by atoms with E-state index in [-0.39, 0.29) is 41.2 Å². The number of allylic oxidation sites excluding steroid dienone is 1. The van der Waals surface area contributed by atoms with Gasteiger partial charge in [-0.15, -0.1) is 0 Å². The molecule has 0 aliphatic heterocycles. The monoisotopic (exact) mass is 562 g/mol. The number of fused-ring (bicyclic) bond motifs is 7. The molecular formula is C32H50O8. The van der Waals surface area contributed by atoms with Crippen molar-refractivity contribution in [2.75, 3.05) is 20.8 Å². The van der Waals surface area contributed by atoms with Gasteiger partial charge in [0.1, 0.15) is 5.41 Å². The van der Waals surface area contributed by atoms with Gasteiger partial charge in [-0.2, -0.15) is 0 Å². The molecule has 4 saturated carbocycles. The highest BCUT2D eigenvalue weighted by Gasteiger charge is 2.73. The summed E-state index contributed by atoms with van der Waals surface area (Å²) in [4.78, 5) is 26.7. The van der Waals surface area contributed by atoms with Gasteiger partial charge in [-0.1, -0.05) is 39.3 Å². The van der Waals surface area contributed by atoms with Gasteiger partial charge in [0, 0.05) is 5.41 Å². The van der Waals surface area contributed by atoms with Crippen LogP contribution in [-0.4, -0.2) is 71.5 Å². The third-order valence-corrected chi connectivity index (χ3v) is 13.4. The van der Waals surface area contributed by atoms with Gasteiger partial charge in [0.15, 0.2) is 0 Å². The minimum absolute atomic E-state index is 0.0212. The number of carbonyl (C=O) groups is 2. The zero-order valence-electron chi connectivity index (χ0n) is 25.3. The largest absolute Gasteiger partial charge is 0.469 e. The third kappa shape index (κ3) is 3.45. The maximum Gasteiger partial charge on any atom is 0.315 e. The van der Waals surface area contributed by atoms with E-state index in [4.69, 9.17) is 9.47 Å². The minimum Gasteiger partial charge on any atom is -0.469 e. The van der Waals surface area contributed by atoms with Crippen LogP contribution in [0.4, 0.5) is 0 Å². The molecule has 11 atom stereocenters. The van der Waals surface area contributed by atoms with Gasteiger partial charge in [-0.05, 0) is 92.3 Å². The van der Waals surface area contributed by atoms with Crippen molar-refractivity contribution in [1.82, 2.24) is 0 Å². The summed E-state index contributed by atoms with van der Waals surface area (Å²) < 4.78 is 10.5. The summed E-state index contributed by atoms with van der Waals surface area (Å²) in [6.45, 7) is 10.3. The Labute approximate surface area is 238 Å². The van der Waals surface area contributed by atoms with E-state index in [1.165, 1.54) is 14.2 Å². The molecule has 0 aromatic rings. The number of methoxy groups -OCH3 is 2. The first-order valence-corrected chi connectivity index (χ1v) is 15.1. The van der Waals surface area contributed by atoms with Crippen LogP contribution in [0.5, 0.6) is 0 Å². The molecule has 8 nitrogen and oxygen atoms in total. The molecule has 5 aliphatic carbocycles. The first kappa shape index (κ1) is 30.0. The van der Waals surface area contributed by atoms with Crippen molar-refractivity contribution in [1.29, 1.82) is 0 Å². The lowest BCUT2D eigenvalue weighted by Crippen LogP contribution is -2.70. The molecule has 5 aliphatic rings. The van der Waals surface area contributed by atoms with Crippen LogP contribution in [0.25, 0.3) is 0 Å². The van der Waals surface area contributed by atoms with E-state index in [1.807, 2.05) is 0 Å². The molecule has 0 aromatic heterocycles. The van der Waals surface area contributed by atoms with Crippen LogP contribution in [-0.2, 0) is 19.1 Å². The van der Waals surface area contributed by atoms with Crippen molar-refractivity contribution in [2.45, 2.75) is 104 Å². The number of hydrogen-bond acceptors (Lipinski definition) is 8. The standard InChI is InChI=1S/C32H50O8/c1-27(2)14-19-18-8-9-21-28(3)15-20(34)24(36)30(5,25(37)39-6)22(28)10-11-29(21,4)31(18,17-33)12-13-32(19,23(35)16-27)26(38)40-7/h8,19-24,33-36H,9-17H2,1-7H3. The van der Waals surface area contributed by atoms with Crippen molar-refractivity contribution in [3.8, 4) is 0 Å². The first-order chi connectivity index (χ1) is 18.6. The second kappa shape index (κ2) is 9.26. The maximum absolute atomic E-state index is 13.5. The molecule has 0 spiro atoms. The summed E-state index contributed by atoms with van der Waals surface area (Å²) in [6.07, 6.45) is 3.73. The highest BCUT2D eigenvalue weighted by Crippen LogP contribution is 2.76. The molecule has 0 aromatic carbocycles. The predicted octanol–water partition coefficient (Wildman–Crippen LogP) is 3.39. The average Bonchev–Trinajstić information content (AvgIpc) is 2.89. The smallest absolute Gasteiger partial charge is 0.315 e. The minimum atomic E-state index is -1.25. The predicted molar refractivity (Wildman–Crippen MR) is 148 cm³/mol. The number of aliphatic hydroxyl groups is 4. The molecule has 8 heteroatoms. The van der Waals surface area contributed by atoms with Crippen LogP contribution in [0.15, 0.2) is 11.6 Å². The van der Waals surface area contributed by atoms with E-state index in [2.05, 4.69) is 33.8 Å². The van der Waals surface area contributed by atoms with Crippen molar-refractivity contribution in [2.24, 2.45) is 50.2 Å². The number of rotatable bonds is 3. The summed E-state index contributed by atoms with van der Waals surface area (Å²) in [7, 11) is 2.72. The van der Waals surface area contributed by atoms with Crippen LogP contribution in [0.2, 0.25) is 0 Å².